The number of primary amides is 1. The van der Waals surface area contributed by atoms with Gasteiger partial charge in [-0.25, -0.2) is 8.42 Å². The summed E-state index contributed by atoms with van der Waals surface area (Å²) in [5.74, 6) is -1.48. The molecule has 3 atom stereocenters. The van der Waals surface area contributed by atoms with Crippen LogP contribution in [-0.4, -0.2) is 65.4 Å². The second-order valence-corrected chi connectivity index (χ2v) is 9.11. The van der Waals surface area contributed by atoms with E-state index in [1.165, 1.54) is 23.2 Å². The number of fused-ring (bicyclic) bond motifs is 1. The first-order valence-electron chi connectivity index (χ1n) is 8.93. The number of carbonyl (C=O) groups is 3. The molecule has 0 radical (unpaired) electrons. The third-order valence-electron chi connectivity index (χ3n) is 5.14. The summed E-state index contributed by atoms with van der Waals surface area (Å²) in [5.41, 5.74) is 4.38. The standard InChI is InChI=1S/C17H22N4O6S/c1-10(7-14(18)23)8-15(24)20-6-4-11-16(20)12(22)9-21(11)28(26,27)13-3-2-5-19-17(13)25/h2-3,5,10-11,16H,4,6-9H2,1H3,(H2,18,23)(H,19,25). The fraction of sp³-hybridized carbons (Fsp3) is 0.529. The molecule has 2 amide bonds. The second-order valence-electron chi connectivity index (χ2n) is 7.25. The normalized spacial score (nSPS) is 23.6. The molecule has 2 aliphatic rings. The van der Waals surface area contributed by atoms with E-state index < -0.39 is 38.5 Å². The maximum Gasteiger partial charge on any atom is 0.268 e. The predicted molar refractivity (Wildman–Crippen MR) is 97.5 cm³/mol. The number of H-pyrrole nitrogens is 1. The van der Waals surface area contributed by atoms with Gasteiger partial charge in [-0.05, 0) is 24.5 Å². The van der Waals surface area contributed by atoms with Crippen LogP contribution in [-0.2, 0) is 24.4 Å². The number of rotatable bonds is 6. The lowest BCUT2D eigenvalue weighted by Crippen LogP contribution is -2.44. The van der Waals surface area contributed by atoms with Crippen molar-refractivity contribution in [2.24, 2.45) is 11.7 Å². The quantitative estimate of drug-likeness (QED) is 0.602. The molecule has 0 spiro atoms. The molecule has 3 rings (SSSR count). The lowest BCUT2D eigenvalue weighted by Gasteiger charge is -2.24. The number of Topliss-reactive ketones (excluding diaryl/α,β-unsaturated/α-hetero) is 1. The molecule has 2 fully saturated rings. The smallest absolute Gasteiger partial charge is 0.268 e. The maximum absolute atomic E-state index is 12.9. The number of hydrogen-bond acceptors (Lipinski definition) is 6. The first-order valence-corrected chi connectivity index (χ1v) is 10.4. The molecule has 2 saturated heterocycles. The Hall–Kier alpha value is -2.53. The average Bonchev–Trinajstić information content (AvgIpc) is 3.16. The molecule has 0 aromatic carbocycles. The number of pyridine rings is 1. The van der Waals surface area contributed by atoms with Crippen LogP contribution in [0.15, 0.2) is 28.0 Å². The van der Waals surface area contributed by atoms with Crippen LogP contribution < -0.4 is 11.3 Å². The molecule has 0 saturated carbocycles. The van der Waals surface area contributed by atoms with Gasteiger partial charge in [-0.3, -0.25) is 19.2 Å². The highest BCUT2D eigenvalue weighted by molar-refractivity contribution is 7.89. The number of ketones is 1. The van der Waals surface area contributed by atoms with Crippen LogP contribution in [0.3, 0.4) is 0 Å². The fourth-order valence-electron chi connectivity index (χ4n) is 3.94. The number of hydrogen-bond donors (Lipinski definition) is 2. The molecule has 2 aliphatic heterocycles. The average molecular weight is 410 g/mol. The molecule has 10 nitrogen and oxygen atoms in total. The lowest BCUT2D eigenvalue weighted by molar-refractivity contribution is -0.137. The Balaban J connectivity index is 1.81. The monoisotopic (exact) mass is 410 g/mol. The van der Waals surface area contributed by atoms with Crippen molar-refractivity contribution in [1.82, 2.24) is 14.2 Å². The van der Waals surface area contributed by atoms with E-state index in [-0.39, 0.29) is 43.5 Å². The van der Waals surface area contributed by atoms with Crippen molar-refractivity contribution < 1.29 is 22.8 Å². The molecular formula is C17H22N4O6S. The Morgan fingerprint density at radius 3 is 2.68 bits per heavy atom. The molecule has 3 N–H and O–H groups in total. The number of nitrogens with one attached hydrogen (secondary N) is 1. The zero-order chi connectivity index (χ0) is 20.6. The first-order chi connectivity index (χ1) is 13.1. The van der Waals surface area contributed by atoms with Crippen LogP contribution in [0.4, 0.5) is 0 Å². The Kier molecular flexibility index (Phi) is 5.39. The summed E-state index contributed by atoms with van der Waals surface area (Å²) in [5, 5.41) is 0. The summed E-state index contributed by atoms with van der Waals surface area (Å²) in [4.78, 5) is 51.4. The Bertz CT molecular complexity index is 972. The van der Waals surface area contributed by atoms with E-state index in [0.29, 0.717) is 6.42 Å². The summed E-state index contributed by atoms with van der Waals surface area (Å²) in [6.45, 7) is 1.57. The van der Waals surface area contributed by atoms with Crippen molar-refractivity contribution in [2.75, 3.05) is 13.1 Å². The third-order valence-corrected chi connectivity index (χ3v) is 7.03. The van der Waals surface area contributed by atoms with Gasteiger partial charge in [-0.1, -0.05) is 6.92 Å². The summed E-state index contributed by atoms with van der Waals surface area (Å²) in [6, 6.07) is 1.02. The van der Waals surface area contributed by atoms with Crippen LogP contribution in [0.1, 0.15) is 26.2 Å². The zero-order valence-corrected chi connectivity index (χ0v) is 16.1. The number of sulfonamides is 1. The van der Waals surface area contributed by atoms with E-state index >= 15 is 0 Å². The predicted octanol–water partition coefficient (Wildman–Crippen LogP) is -1.18. The van der Waals surface area contributed by atoms with Gasteiger partial charge in [-0.2, -0.15) is 4.31 Å². The van der Waals surface area contributed by atoms with Crippen molar-refractivity contribution in [3.63, 3.8) is 0 Å². The maximum atomic E-state index is 12.9. The summed E-state index contributed by atoms with van der Waals surface area (Å²) in [7, 11) is -4.17. The fourth-order valence-corrected chi connectivity index (χ4v) is 5.61. The number of nitrogens with two attached hydrogens (primary N) is 1. The molecule has 28 heavy (non-hydrogen) atoms. The third kappa shape index (κ3) is 3.59. The van der Waals surface area contributed by atoms with Crippen molar-refractivity contribution in [3.8, 4) is 0 Å². The van der Waals surface area contributed by atoms with Crippen LogP contribution in [0, 0.1) is 5.92 Å². The van der Waals surface area contributed by atoms with Gasteiger partial charge in [0.2, 0.25) is 21.8 Å². The number of carbonyl (C=O) groups excluding carboxylic acids is 3. The molecule has 3 heterocycles. The van der Waals surface area contributed by atoms with Gasteiger partial charge in [0.25, 0.3) is 5.56 Å². The molecule has 1 aromatic rings. The van der Waals surface area contributed by atoms with Crippen molar-refractivity contribution >= 4 is 27.6 Å². The van der Waals surface area contributed by atoms with Crippen molar-refractivity contribution in [1.29, 1.82) is 0 Å². The largest absolute Gasteiger partial charge is 0.370 e. The zero-order valence-electron chi connectivity index (χ0n) is 15.3. The van der Waals surface area contributed by atoms with Crippen LogP contribution >= 0.6 is 0 Å². The minimum Gasteiger partial charge on any atom is -0.370 e. The van der Waals surface area contributed by atoms with Gasteiger partial charge in [-0.15, -0.1) is 0 Å². The minimum absolute atomic E-state index is 0.0462. The van der Waals surface area contributed by atoms with Gasteiger partial charge in [0.15, 0.2) is 5.78 Å². The van der Waals surface area contributed by atoms with E-state index in [1.807, 2.05) is 0 Å². The van der Waals surface area contributed by atoms with Gasteiger partial charge >= 0.3 is 0 Å². The van der Waals surface area contributed by atoms with E-state index in [0.717, 1.165) is 4.31 Å². The molecule has 0 bridgehead atoms. The Morgan fingerprint density at radius 1 is 1.32 bits per heavy atom. The highest BCUT2D eigenvalue weighted by atomic mass is 32.2. The number of likely N-dealkylation sites (tertiary alicyclic amines) is 1. The molecule has 11 heteroatoms. The molecule has 1 aromatic heterocycles. The van der Waals surface area contributed by atoms with E-state index in [1.54, 1.807) is 6.92 Å². The first kappa shape index (κ1) is 20.2. The summed E-state index contributed by atoms with van der Waals surface area (Å²) in [6.07, 6.45) is 1.72. The Labute approximate surface area is 161 Å². The van der Waals surface area contributed by atoms with Gasteiger partial charge < -0.3 is 15.6 Å². The molecule has 3 unspecified atom stereocenters. The number of amides is 2. The highest BCUT2D eigenvalue weighted by Gasteiger charge is 2.54. The van der Waals surface area contributed by atoms with E-state index in [2.05, 4.69) is 4.98 Å². The number of aromatic nitrogens is 1. The van der Waals surface area contributed by atoms with Crippen LogP contribution in [0.2, 0.25) is 0 Å². The lowest BCUT2D eigenvalue weighted by atomic mass is 10.0. The summed E-state index contributed by atoms with van der Waals surface area (Å²) < 4.78 is 26.9. The van der Waals surface area contributed by atoms with Crippen LogP contribution in [0.5, 0.6) is 0 Å². The minimum atomic E-state index is -4.17. The van der Waals surface area contributed by atoms with Crippen molar-refractivity contribution in [2.45, 2.75) is 43.2 Å². The molecular weight excluding hydrogens is 388 g/mol. The van der Waals surface area contributed by atoms with Crippen LogP contribution in [0.25, 0.3) is 0 Å². The van der Waals surface area contributed by atoms with Gasteiger partial charge in [0.05, 0.1) is 12.6 Å². The van der Waals surface area contributed by atoms with Gasteiger partial charge in [0.1, 0.15) is 10.9 Å². The number of nitrogens with zero attached hydrogens (tertiary/aromatic N) is 2. The van der Waals surface area contributed by atoms with E-state index in [9.17, 15) is 27.6 Å². The van der Waals surface area contributed by atoms with Gasteiger partial charge in [0, 0.05) is 25.6 Å². The summed E-state index contributed by atoms with van der Waals surface area (Å²) >= 11 is 0. The second kappa shape index (κ2) is 7.47. The number of aromatic amines is 1. The van der Waals surface area contributed by atoms with Crippen molar-refractivity contribution in [3.05, 3.63) is 28.7 Å². The SMILES string of the molecule is CC(CC(N)=O)CC(=O)N1CCC2C1C(=O)CN2S(=O)(=O)c1ccc[nH]c1=O. The topological polar surface area (TPSA) is 151 Å². The molecule has 0 aliphatic carbocycles. The van der Waals surface area contributed by atoms with E-state index in [4.69, 9.17) is 5.73 Å². The highest BCUT2D eigenvalue weighted by Crippen LogP contribution is 2.34. The Morgan fingerprint density at radius 2 is 2.04 bits per heavy atom. The molecule has 152 valence electrons.